The summed E-state index contributed by atoms with van der Waals surface area (Å²) in [6, 6.07) is 33.2. The maximum Gasteiger partial charge on any atom is 0.236 e. The molecule has 0 amide bonds. The second-order valence-corrected chi connectivity index (χ2v) is 8.92. The molecule has 0 N–H and O–H groups in total. The molecule has 5 nitrogen and oxygen atoms in total. The third-order valence-corrected chi connectivity index (χ3v) is 6.92. The van der Waals surface area contributed by atoms with Gasteiger partial charge in [0, 0.05) is 34.3 Å². The molecule has 3 aromatic heterocycles. The number of fused-ring (bicyclic) bond motifs is 5. The van der Waals surface area contributed by atoms with Crippen LogP contribution in [0.2, 0.25) is 0 Å². The lowest BCUT2D eigenvalue weighted by molar-refractivity contribution is 0.667. The van der Waals surface area contributed by atoms with E-state index in [1.807, 2.05) is 30.3 Å². The number of pyridine rings is 1. The Balaban J connectivity index is 1.51. The fraction of sp³-hybridized carbons (Fsp3) is 0. The van der Waals surface area contributed by atoms with Crippen molar-refractivity contribution in [1.82, 2.24) is 15.0 Å². The van der Waals surface area contributed by atoms with Gasteiger partial charge in [0.25, 0.3) is 0 Å². The van der Waals surface area contributed by atoms with Crippen LogP contribution in [0.15, 0.2) is 114 Å². The topological polar surface area (TPSA) is 55.1 Å². The van der Waals surface area contributed by atoms with Gasteiger partial charge in [-0.15, -0.1) is 0 Å². The molecule has 5 heteroatoms. The predicted octanol–water partition coefficient (Wildman–Crippen LogP) is 8.04. The van der Waals surface area contributed by atoms with Crippen LogP contribution in [-0.2, 0) is 0 Å². The van der Waals surface area contributed by atoms with Crippen LogP contribution in [0.5, 0.6) is 0 Å². The average molecular weight is 463 g/mol. The van der Waals surface area contributed by atoms with E-state index in [4.69, 9.17) is 14.4 Å². The maximum atomic E-state index is 6.30. The molecule has 7 aromatic rings. The Morgan fingerprint density at radius 3 is 2.31 bits per heavy atom. The fourth-order valence-corrected chi connectivity index (χ4v) is 5.36. The number of anilines is 3. The Bertz CT molecular complexity index is 1950. The lowest BCUT2D eigenvalue weighted by Gasteiger charge is -2.31. The molecule has 0 atom stereocenters. The molecule has 0 aliphatic carbocycles. The van der Waals surface area contributed by atoms with E-state index in [2.05, 4.69) is 76.6 Å². The highest BCUT2D eigenvalue weighted by atomic mass is 16.3. The van der Waals surface area contributed by atoms with E-state index < -0.39 is 0 Å². The molecule has 168 valence electrons. The van der Waals surface area contributed by atoms with Gasteiger partial charge < -0.3 is 4.42 Å². The van der Waals surface area contributed by atoms with Crippen LogP contribution in [0.1, 0.15) is 0 Å². The standard InChI is InChI=1S/C31H18N4O/c1-3-12-24-21(9-1)22-11-5-7-19-8-6-13-25(27(19)22)35(24)31-33-28(20-15-17-32-18-16-20)30-29(34-31)23-10-2-4-14-26(23)36-30/h1-18H. The van der Waals surface area contributed by atoms with Gasteiger partial charge in [-0.2, -0.15) is 0 Å². The summed E-state index contributed by atoms with van der Waals surface area (Å²) < 4.78 is 6.30. The first-order valence-electron chi connectivity index (χ1n) is 11.9. The molecule has 0 bridgehead atoms. The zero-order chi connectivity index (χ0) is 23.6. The molecule has 4 aromatic carbocycles. The largest absolute Gasteiger partial charge is 0.452 e. The lowest BCUT2D eigenvalue weighted by Crippen LogP contribution is -2.17. The van der Waals surface area contributed by atoms with Crippen molar-refractivity contribution in [2.75, 3.05) is 4.90 Å². The molecule has 0 radical (unpaired) electrons. The second-order valence-electron chi connectivity index (χ2n) is 8.92. The normalized spacial score (nSPS) is 12.4. The summed E-state index contributed by atoms with van der Waals surface area (Å²) in [6.07, 6.45) is 3.55. The van der Waals surface area contributed by atoms with Crippen LogP contribution in [0.4, 0.5) is 17.3 Å². The highest BCUT2D eigenvalue weighted by Gasteiger charge is 2.29. The van der Waals surface area contributed by atoms with E-state index in [0.29, 0.717) is 11.5 Å². The Morgan fingerprint density at radius 2 is 1.39 bits per heavy atom. The highest BCUT2D eigenvalue weighted by molar-refractivity contribution is 6.14. The first kappa shape index (κ1) is 19.3. The summed E-state index contributed by atoms with van der Waals surface area (Å²) >= 11 is 0. The van der Waals surface area contributed by atoms with Gasteiger partial charge in [0.1, 0.15) is 16.8 Å². The highest BCUT2D eigenvalue weighted by Crippen LogP contribution is 2.50. The van der Waals surface area contributed by atoms with Crippen molar-refractivity contribution in [3.05, 3.63) is 109 Å². The van der Waals surface area contributed by atoms with E-state index in [1.165, 1.54) is 16.3 Å². The minimum atomic E-state index is 0.607. The maximum absolute atomic E-state index is 6.30. The van der Waals surface area contributed by atoms with Gasteiger partial charge in [-0.1, -0.05) is 60.7 Å². The Morgan fingerprint density at radius 1 is 0.639 bits per heavy atom. The number of para-hydroxylation sites is 2. The van der Waals surface area contributed by atoms with Gasteiger partial charge in [-0.25, -0.2) is 9.97 Å². The van der Waals surface area contributed by atoms with Crippen molar-refractivity contribution in [2.45, 2.75) is 0 Å². The summed E-state index contributed by atoms with van der Waals surface area (Å²) in [5.41, 5.74) is 8.44. The molecular formula is C31H18N4O. The lowest BCUT2D eigenvalue weighted by atomic mass is 9.91. The van der Waals surface area contributed by atoms with Gasteiger partial charge in [-0.3, -0.25) is 9.88 Å². The summed E-state index contributed by atoms with van der Waals surface area (Å²) in [5.74, 6) is 0.607. The zero-order valence-electron chi connectivity index (χ0n) is 19.1. The smallest absolute Gasteiger partial charge is 0.236 e. The number of benzene rings is 4. The van der Waals surface area contributed by atoms with Crippen molar-refractivity contribution in [1.29, 1.82) is 0 Å². The molecule has 0 spiro atoms. The minimum Gasteiger partial charge on any atom is -0.452 e. The van der Waals surface area contributed by atoms with Crippen LogP contribution >= 0.6 is 0 Å². The third-order valence-electron chi connectivity index (χ3n) is 6.92. The fourth-order valence-electron chi connectivity index (χ4n) is 5.36. The molecule has 0 unspecified atom stereocenters. The molecule has 1 aliphatic rings. The number of hydrogen-bond acceptors (Lipinski definition) is 5. The summed E-state index contributed by atoms with van der Waals surface area (Å²) in [4.78, 5) is 16.7. The van der Waals surface area contributed by atoms with Crippen LogP contribution in [0.25, 0.3) is 55.2 Å². The molecule has 0 saturated carbocycles. The SMILES string of the molecule is c1ccc2c(c1)-c1cccc3cccc(c13)N2c1nc(-c2ccncc2)c2oc3ccccc3c2n1. The Hall–Kier alpha value is -5.03. The first-order valence-corrected chi connectivity index (χ1v) is 11.9. The first-order chi connectivity index (χ1) is 17.9. The van der Waals surface area contributed by atoms with Crippen LogP contribution < -0.4 is 4.90 Å². The van der Waals surface area contributed by atoms with E-state index in [-0.39, 0.29) is 0 Å². The zero-order valence-corrected chi connectivity index (χ0v) is 19.1. The molecule has 0 fully saturated rings. The predicted molar refractivity (Wildman–Crippen MR) is 144 cm³/mol. The molecule has 8 rings (SSSR count). The van der Waals surface area contributed by atoms with Crippen LogP contribution in [0.3, 0.4) is 0 Å². The van der Waals surface area contributed by atoms with E-state index in [0.717, 1.165) is 44.7 Å². The molecule has 0 saturated heterocycles. The van der Waals surface area contributed by atoms with Gasteiger partial charge in [-0.05, 0) is 47.3 Å². The number of hydrogen-bond donors (Lipinski definition) is 0. The van der Waals surface area contributed by atoms with Crippen LogP contribution in [0, 0.1) is 0 Å². The number of rotatable bonds is 2. The second kappa shape index (κ2) is 7.23. The quantitative estimate of drug-likeness (QED) is 0.260. The Labute approximate surface area is 206 Å². The number of nitrogens with zero attached hydrogens (tertiary/aromatic N) is 4. The van der Waals surface area contributed by atoms with Gasteiger partial charge in [0.05, 0.1) is 11.4 Å². The molecule has 1 aliphatic heterocycles. The van der Waals surface area contributed by atoms with E-state index >= 15 is 0 Å². The van der Waals surface area contributed by atoms with Gasteiger partial charge >= 0.3 is 0 Å². The Kier molecular flexibility index (Phi) is 3.88. The van der Waals surface area contributed by atoms with Crippen molar-refractivity contribution >= 4 is 50.2 Å². The summed E-state index contributed by atoms with van der Waals surface area (Å²) in [5, 5.41) is 3.36. The number of aromatic nitrogens is 3. The van der Waals surface area contributed by atoms with Crippen LogP contribution in [-0.4, -0.2) is 15.0 Å². The molecular weight excluding hydrogens is 444 g/mol. The van der Waals surface area contributed by atoms with Crippen molar-refractivity contribution in [2.24, 2.45) is 0 Å². The minimum absolute atomic E-state index is 0.607. The molecule has 4 heterocycles. The van der Waals surface area contributed by atoms with E-state index in [9.17, 15) is 0 Å². The summed E-state index contributed by atoms with van der Waals surface area (Å²) in [6.45, 7) is 0. The summed E-state index contributed by atoms with van der Waals surface area (Å²) in [7, 11) is 0. The number of furan rings is 1. The third kappa shape index (κ3) is 2.62. The van der Waals surface area contributed by atoms with Crippen molar-refractivity contribution in [3.8, 4) is 22.4 Å². The monoisotopic (exact) mass is 462 g/mol. The van der Waals surface area contributed by atoms with Gasteiger partial charge in [0.2, 0.25) is 5.95 Å². The van der Waals surface area contributed by atoms with Crippen molar-refractivity contribution < 1.29 is 4.42 Å². The molecule has 36 heavy (non-hydrogen) atoms. The van der Waals surface area contributed by atoms with Crippen molar-refractivity contribution in [3.63, 3.8) is 0 Å². The average Bonchev–Trinajstić information content (AvgIpc) is 3.32. The van der Waals surface area contributed by atoms with E-state index in [1.54, 1.807) is 12.4 Å². The van der Waals surface area contributed by atoms with Gasteiger partial charge in [0.15, 0.2) is 5.58 Å².